The van der Waals surface area contributed by atoms with Crippen molar-refractivity contribution >= 4 is 17.9 Å². The third-order valence-corrected chi connectivity index (χ3v) is 14.2. The number of hydrogen-bond acceptors (Lipinski definition) is 6. The van der Waals surface area contributed by atoms with E-state index in [1.165, 1.54) is 180 Å². The molecule has 1 atom stereocenters. The molecule has 0 saturated heterocycles. The van der Waals surface area contributed by atoms with Crippen LogP contribution in [0.15, 0.2) is 109 Å². The maximum atomic E-state index is 12.9. The summed E-state index contributed by atoms with van der Waals surface area (Å²) < 4.78 is 16.9. The molecule has 0 aromatic carbocycles. The second-order valence-electron chi connectivity index (χ2n) is 22.0. The van der Waals surface area contributed by atoms with Gasteiger partial charge >= 0.3 is 17.9 Å². The van der Waals surface area contributed by atoms with Crippen LogP contribution in [0.3, 0.4) is 0 Å². The number of ether oxygens (including phenoxy) is 3. The first-order valence-corrected chi connectivity index (χ1v) is 33.4. The third kappa shape index (κ3) is 64.8. The second kappa shape index (κ2) is 66.6. The molecule has 0 aliphatic heterocycles. The molecule has 0 bridgehead atoms. The first-order chi connectivity index (χ1) is 39.0. The summed E-state index contributed by atoms with van der Waals surface area (Å²) in [5, 5.41) is 0. The maximum Gasteiger partial charge on any atom is 0.306 e. The van der Waals surface area contributed by atoms with Gasteiger partial charge in [-0.3, -0.25) is 14.4 Å². The van der Waals surface area contributed by atoms with Crippen molar-refractivity contribution < 1.29 is 28.6 Å². The molecule has 0 saturated carbocycles. The molecular formula is C73H124O6. The minimum atomic E-state index is -0.808. The summed E-state index contributed by atoms with van der Waals surface area (Å²) >= 11 is 0. The number of rotatable bonds is 60. The van der Waals surface area contributed by atoms with Crippen LogP contribution in [-0.2, 0) is 28.6 Å². The fraction of sp³-hybridized carbons (Fsp3) is 0.712. The largest absolute Gasteiger partial charge is 0.462 e. The summed E-state index contributed by atoms with van der Waals surface area (Å²) in [6, 6.07) is 0. The fourth-order valence-electron chi connectivity index (χ4n) is 9.25. The lowest BCUT2D eigenvalue weighted by Crippen LogP contribution is -2.30. The Morgan fingerprint density at radius 1 is 0.266 bits per heavy atom. The molecule has 79 heavy (non-hydrogen) atoms. The summed E-state index contributed by atoms with van der Waals surface area (Å²) in [7, 11) is 0. The van der Waals surface area contributed by atoms with E-state index in [2.05, 4.69) is 130 Å². The average Bonchev–Trinajstić information content (AvgIpc) is 3.45. The molecule has 0 radical (unpaired) electrons. The number of carbonyl (C=O) groups excluding carboxylic acids is 3. The summed E-state index contributed by atoms with van der Waals surface area (Å²) in [5.74, 6) is -0.956. The number of carbonyl (C=O) groups is 3. The Morgan fingerprint density at radius 2 is 0.506 bits per heavy atom. The van der Waals surface area contributed by atoms with Gasteiger partial charge in [-0.2, -0.15) is 0 Å². The quantitative estimate of drug-likeness (QED) is 0.0261. The molecule has 0 aliphatic carbocycles. The molecule has 6 heteroatoms. The van der Waals surface area contributed by atoms with Crippen LogP contribution in [0.5, 0.6) is 0 Å². The Morgan fingerprint density at radius 3 is 0.823 bits per heavy atom. The zero-order valence-corrected chi connectivity index (χ0v) is 51.9. The van der Waals surface area contributed by atoms with Gasteiger partial charge in [0.25, 0.3) is 0 Å². The predicted molar refractivity (Wildman–Crippen MR) is 343 cm³/mol. The van der Waals surface area contributed by atoms with E-state index < -0.39 is 6.10 Å². The maximum absolute atomic E-state index is 12.9. The van der Waals surface area contributed by atoms with Crippen molar-refractivity contribution in [3.05, 3.63) is 109 Å². The Labute approximate surface area is 489 Å². The first-order valence-electron chi connectivity index (χ1n) is 33.4. The van der Waals surface area contributed by atoms with Crippen LogP contribution in [0, 0.1) is 0 Å². The van der Waals surface area contributed by atoms with Gasteiger partial charge in [-0.05, 0) is 122 Å². The standard InChI is InChI=1S/C73H124O6/c1-4-7-10-13-16-19-22-25-28-31-33-35-36-38-39-42-45-48-51-54-57-60-63-66-72(75)78-69-70(68-77-71(74)65-62-59-56-53-50-47-44-41-30-27-24-21-18-15-12-9-6-3)79-73(76)67-64-61-58-55-52-49-46-43-40-37-34-32-29-26-23-20-17-14-11-8-5-2/h9,12,18,21-23,25-27,30-34,44,47,53,56,70H,4-8,10-11,13-17,19-20,24,28-29,35-43,45-46,48-52,54-55,57-69H2,1-3H3/b12-9-,21-18-,25-22-,26-23-,30-27-,33-31-,34-32-,47-44-,56-53-. The summed E-state index contributed by atoms with van der Waals surface area (Å²) in [4.78, 5) is 38.4. The molecule has 0 aromatic heterocycles. The van der Waals surface area contributed by atoms with Gasteiger partial charge in [0, 0.05) is 19.3 Å². The third-order valence-electron chi connectivity index (χ3n) is 14.2. The van der Waals surface area contributed by atoms with E-state index in [0.29, 0.717) is 19.3 Å². The highest BCUT2D eigenvalue weighted by molar-refractivity contribution is 5.71. The first kappa shape index (κ1) is 75.1. The topological polar surface area (TPSA) is 78.9 Å². The van der Waals surface area contributed by atoms with Crippen molar-refractivity contribution in [1.82, 2.24) is 0 Å². The van der Waals surface area contributed by atoms with Crippen LogP contribution < -0.4 is 0 Å². The van der Waals surface area contributed by atoms with Gasteiger partial charge in [-0.15, -0.1) is 0 Å². The van der Waals surface area contributed by atoms with Gasteiger partial charge in [0.05, 0.1) is 0 Å². The van der Waals surface area contributed by atoms with E-state index in [4.69, 9.17) is 14.2 Å². The van der Waals surface area contributed by atoms with Crippen molar-refractivity contribution in [2.45, 2.75) is 322 Å². The summed E-state index contributed by atoms with van der Waals surface area (Å²) in [6.45, 7) is 6.48. The lowest BCUT2D eigenvalue weighted by Gasteiger charge is -2.18. The molecule has 0 amide bonds. The van der Waals surface area contributed by atoms with Gasteiger partial charge in [0.1, 0.15) is 13.2 Å². The van der Waals surface area contributed by atoms with E-state index in [0.717, 1.165) is 89.9 Å². The van der Waals surface area contributed by atoms with Crippen molar-refractivity contribution in [2.75, 3.05) is 13.2 Å². The van der Waals surface area contributed by atoms with Gasteiger partial charge < -0.3 is 14.2 Å². The molecule has 0 fully saturated rings. The number of unbranched alkanes of at least 4 members (excludes halogenated alkanes) is 31. The second-order valence-corrected chi connectivity index (χ2v) is 22.0. The molecule has 0 heterocycles. The number of hydrogen-bond donors (Lipinski definition) is 0. The number of allylic oxidation sites excluding steroid dienone is 18. The van der Waals surface area contributed by atoms with E-state index in [-0.39, 0.29) is 37.5 Å². The highest BCUT2D eigenvalue weighted by atomic mass is 16.6. The van der Waals surface area contributed by atoms with Crippen LogP contribution in [0.4, 0.5) is 0 Å². The molecule has 0 spiro atoms. The monoisotopic (exact) mass is 1100 g/mol. The Bertz CT molecular complexity index is 1590. The fourth-order valence-corrected chi connectivity index (χ4v) is 9.25. The molecule has 0 rings (SSSR count). The van der Waals surface area contributed by atoms with E-state index in [9.17, 15) is 14.4 Å². The van der Waals surface area contributed by atoms with E-state index in [1.54, 1.807) is 0 Å². The molecule has 1 unspecified atom stereocenters. The highest BCUT2D eigenvalue weighted by Gasteiger charge is 2.19. The molecule has 0 aromatic rings. The molecular weight excluding hydrogens is 973 g/mol. The van der Waals surface area contributed by atoms with Crippen LogP contribution in [-0.4, -0.2) is 37.2 Å². The Kier molecular flexibility index (Phi) is 63.3. The van der Waals surface area contributed by atoms with Crippen LogP contribution in [0.2, 0.25) is 0 Å². The van der Waals surface area contributed by atoms with Gasteiger partial charge in [-0.1, -0.05) is 284 Å². The molecule has 0 N–H and O–H groups in total. The van der Waals surface area contributed by atoms with Crippen molar-refractivity contribution in [1.29, 1.82) is 0 Å². The predicted octanol–water partition coefficient (Wildman–Crippen LogP) is 23.0. The molecule has 6 nitrogen and oxygen atoms in total. The van der Waals surface area contributed by atoms with Crippen molar-refractivity contribution in [3.63, 3.8) is 0 Å². The lowest BCUT2D eigenvalue weighted by molar-refractivity contribution is -0.167. The average molecular weight is 1100 g/mol. The number of esters is 3. The molecule has 452 valence electrons. The normalized spacial score (nSPS) is 12.8. The van der Waals surface area contributed by atoms with Crippen LogP contribution in [0.25, 0.3) is 0 Å². The van der Waals surface area contributed by atoms with Crippen molar-refractivity contribution in [2.24, 2.45) is 0 Å². The van der Waals surface area contributed by atoms with Crippen LogP contribution >= 0.6 is 0 Å². The Balaban J connectivity index is 4.43. The minimum Gasteiger partial charge on any atom is -0.462 e. The highest BCUT2D eigenvalue weighted by Crippen LogP contribution is 2.16. The SMILES string of the molecule is CC/C=C\C/C=C\C/C=C\C/C=C\C/C=C\CCCC(=O)OCC(COC(=O)CCCCCCCCCCCCC/C=C\C/C=C\CCCCCCC)OC(=O)CCCCCCCCCCC/C=C\C/C=C\CCCCCCC. The van der Waals surface area contributed by atoms with Crippen molar-refractivity contribution in [3.8, 4) is 0 Å². The van der Waals surface area contributed by atoms with Gasteiger partial charge in [0.2, 0.25) is 0 Å². The van der Waals surface area contributed by atoms with Crippen LogP contribution in [0.1, 0.15) is 316 Å². The minimum absolute atomic E-state index is 0.0987. The smallest absolute Gasteiger partial charge is 0.306 e. The zero-order valence-electron chi connectivity index (χ0n) is 51.9. The van der Waals surface area contributed by atoms with E-state index >= 15 is 0 Å². The Hall–Kier alpha value is -3.93. The molecule has 0 aliphatic rings. The lowest BCUT2D eigenvalue weighted by atomic mass is 10.0. The van der Waals surface area contributed by atoms with E-state index in [1.807, 2.05) is 0 Å². The summed E-state index contributed by atoms with van der Waals surface area (Å²) in [5.41, 5.74) is 0. The van der Waals surface area contributed by atoms with Gasteiger partial charge in [0.15, 0.2) is 6.10 Å². The zero-order chi connectivity index (χ0) is 57.1. The summed E-state index contributed by atoms with van der Waals surface area (Å²) in [6.07, 6.45) is 91.0. The van der Waals surface area contributed by atoms with Gasteiger partial charge in [-0.25, -0.2) is 0 Å².